The Kier molecular flexibility index (Phi) is 141. The summed E-state index contributed by atoms with van der Waals surface area (Å²) in [6, 6.07) is 0. The molecule has 0 fully saturated rings. The molecular formula is C5H9OPt-3. The molecule has 7 heavy (non-hydrogen) atoms. The van der Waals surface area contributed by atoms with Gasteiger partial charge in [0.2, 0.25) is 0 Å². The second-order valence-electron chi connectivity index (χ2n) is 0.322. The Bertz CT molecular complexity index is 29.1. The monoisotopic (exact) mass is 280 g/mol. The average molecular weight is 280 g/mol. The van der Waals surface area contributed by atoms with Crippen LogP contribution in [0.15, 0.2) is 12.7 Å². The zero-order valence-electron chi connectivity index (χ0n) is 4.51. The minimum Gasteiger partial charge on any atom is -0.419 e. The quantitative estimate of drug-likeness (QED) is 0.521. The first-order valence-corrected chi connectivity index (χ1v) is 0.901. The third-order valence-electron chi connectivity index (χ3n) is 0.0833. The molecule has 0 saturated carbocycles. The molecule has 0 aromatic carbocycles. The van der Waals surface area contributed by atoms with Crippen molar-refractivity contribution in [1.29, 1.82) is 0 Å². The van der Waals surface area contributed by atoms with Gasteiger partial charge in [-0.1, -0.05) is 0 Å². The minimum atomic E-state index is 0. The fourth-order valence-corrected chi connectivity index (χ4v) is 0. The maximum Gasteiger partial charge on any atom is 0 e. The van der Waals surface area contributed by atoms with Crippen molar-refractivity contribution in [1.82, 2.24) is 0 Å². The van der Waals surface area contributed by atoms with Crippen molar-refractivity contribution in [3.8, 4) is 0 Å². The Labute approximate surface area is 60.1 Å². The molecule has 48 valence electrons. The maximum absolute atomic E-state index is 8.93. The summed E-state index contributed by atoms with van der Waals surface area (Å²) >= 11 is 0. The van der Waals surface area contributed by atoms with E-state index in [2.05, 4.69) is 6.58 Å². The molecule has 0 aliphatic rings. The molecule has 0 aromatic heterocycles. The average Bonchev–Trinajstić information content (AvgIpc) is 1.37. The molecule has 0 aliphatic carbocycles. The van der Waals surface area contributed by atoms with E-state index in [1.165, 1.54) is 6.29 Å². The van der Waals surface area contributed by atoms with Gasteiger partial charge in [0, 0.05) is 21.1 Å². The summed E-state index contributed by atoms with van der Waals surface area (Å²) in [5.41, 5.74) is 0. The fourth-order valence-electron chi connectivity index (χ4n) is 0. The van der Waals surface area contributed by atoms with Crippen molar-refractivity contribution < 1.29 is 25.9 Å². The van der Waals surface area contributed by atoms with Gasteiger partial charge in [0.15, 0.2) is 0 Å². The Morgan fingerprint density at radius 3 is 1.57 bits per heavy atom. The van der Waals surface area contributed by atoms with E-state index in [-0.39, 0.29) is 35.9 Å². The van der Waals surface area contributed by atoms with Gasteiger partial charge in [0.25, 0.3) is 0 Å². The molecule has 0 aliphatic heterocycles. The Morgan fingerprint density at radius 1 is 1.43 bits per heavy atom. The summed E-state index contributed by atoms with van der Waals surface area (Å²) < 4.78 is 0. The molecule has 1 nitrogen and oxygen atoms in total. The second-order valence-corrected chi connectivity index (χ2v) is 0.322. The standard InChI is InChI=1S/C3H3O.2CH3.Pt/c1-2-3-4;;;/h2H,1H2;2*1H3;/q3*-1;. The molecule has 0 unspecified atom stereocenters. The van der Waals surface area contributed by atoms with Crippen LogP contribution in [0.4, 0.5) is 0 Å². The van der Waals surface area contributed by atoms with Crippen molar-refractivity contribution in [3.63, 3.8) is 0 Å². The number of rotatable bonds is 1. The van der Waals surface area contributed by atoms with Gasteiger partial charge in [-0.3, -0.25) is 0 Å². The van der Waals surface area contributed by atoms with E-state index in [0.717, 1.165) is 6.08 Å². The molecule has 0 radical (unpaired) electrons. The summed E-state index contributed by atoms with van der Waals surface area (Å²) in [5.74, 6) is 0. The van der Waals surface area contributed by atoms with E-state index in [9.17, 15) is 0 Å². The smallest absolute Gasteiger partial charge is 0 e. The molecule has 0 bridgehead atoms. The van der Waals surface area contributed by atoms with Crippen LogP contribution in [-0.4, -0.2) is 6.29 Å². The Morgan fingerprint density at radius 2 is 1.57 bits per heavy atom. The van der Waals surface area contributed by atoms with Crippen LogP contribution in [-0.2, 0) is 25.9 Å². The molecule has 0 N–H and O–H groups in total. The second kappa shape index (κ2) is 36.0. The summed E-state index contributed by atoms with van der Waals surface area (Å²) in [6.07, 6.45) is 2.51. The van der Waals surface area contributed by atoms with Crippen LogP contribution in [0, 0.1) is 14.9 Å². The molecule has 0 spiro atoms. The largest absolute Gasteiger partial charge is 0.419 e. The van der Waals surface area contributed by atoms with Crippen LogP contribution in [0.5, 0.6) is 0 Å². The van der Waals surface area contributed by atoms with E-state index >= 15 is 0 Å². The summed E-state index contributed by atoms with van der Waals surface area (Å²) in [6.45, 7) is 3.06. The van der Waals surface area contributed by atoms with Crippen molar-refractivity contribution in [2.75, 3.05) is 0 Å². The molecule has 0 rings (SSSR count). The summed E-state index contributed by atoms with van der Waals surface area (Å²) in [5, 5.41) is 0. The molecule has 0 saturated heterocycles. The number of carbonyl (C=O) groups excluding carboxylic acids is 1. The number of hydrogen-bond acceptors (Lipinski definition) is 1. The van der Waals surface area contributed by atoms with Gasteiger partial charge in [-0.2, -0.15) is 0 Å². The van der Waals surface area contributed by atoms with Crippen molar-refractivity contribution >= 4 is 6.29 Å². The first-order valence-electron chi connectivity index (χ1n) is 0.901. The van der Waals surface area contributed by atoms with Gasteiger partial charge < -0.3 is 19.6 Å². The summed E-state index contributed by atoms with van der Waals surface area (Å²) in [4.78, 5) is 8.93. The predicted octanol–water partition coefficient (Wildman–Crippen LogP) is 1.18. The van der Waals surface area contributed by atoms with Crippen LogP contribution in [0.1, 0.15) is 0 Å². The maximum atomic E-state index is 8.93. The van der Waals surface area contributed by atoms with Gasteiger partial charge in [0.05, 0.1) is 0 Å². The van der Waals surface area contributed by atoms with E-state index in [0.29, 0.717) is 0 Å². The van der Waals surface area contributed by atoms with Gasteiger partial charge in [0.1, 0.15) is 0 Å². The van der Waals surface area contributed by atoms with Gasteiger partial charge in [-0.25, -0.2) is 12.7 Å². The molecule has 0 amide bonds. The number of allylic oxidation sites excluding steroid dienone is 1. The van der Waals surface area contributed by atoms with Crippen LogP contribution in [0.2, 0.25) is 0 Å². The van der Waals surface area contributed by atoms with Crippen molar-refractivity contribution in [3.05, 3.63) is 27.5 Å². The Balaban J connectivity index is -0.0000000150. The number of hydrogen-bond donors (Lipinski definition) is 0. The van der Waals surface area contributed by atoms with Crippen LogP contribution in [0.3, 0.4) is 0 Å². The topological polar surface area (TPSA) is 17.1 Å². The van der Waals surface area contributed by atoms with Crippen LogP contribution >= 0.6 is 0 Å². The SMILES string of the molecule is C=C[C-]=O.[CH3-].[CH3-].[Pt]. The van der Waals surface area contributed by atoms with Gasteiger partial charge in [-0.15, -0.1) is 0 Å². The van der Waals surface area contributed by atoms with Gasteiger partial charge >= 0.3 is 0 Å². The van der Waals surface area contributed by atoms with Crippen molar-refractivity contribution in [2.24, 2.45) is 0 Å². The minimum absolute atomic E-state index is 0. The van der Waals surface area contributed by atoms with E-state index in [1.54, 1.807) is 0 Å². The first kappa shape index (κ1) is 27.5. The van der Waals surface area contributed by atoms with Crippen LogP contribution < -0.4 is 0 Å². The first-order chi connectivity index (χ1) is 1.91. The van der Waals surface area contributed by atoms with Crippen LogP contribution in [0.25, 0.3) is 0 Å². The third-order valence-corrected chi connectivity index (χ3v) is 0.0833. The molecular weight excluding hydrogens is 271 g/mol. The molecule has 0 atom stereocenters. The third kappa shape index (κ3) is 84.9. The summed E-state index contributed by atoms with van der Waals surface area (Å²) in [7, 11) is 0. The molecule has 0 heterocycles. The molecule has 0 aromatic rings. The Hall–Kier alpha value is 0.0983. The van der Waals surface area contributed by atoms with E-state index in [4.69, 9.17) is 4.79 Å². The van der Waals surface area contributed by atoms with Crippen molar-refractivity contribution in [2.45, 2.75) is 0 Å². The van der Waals surface area contributed by atoms with E-state index in [1.807, 2.05) is 0 Å². The van der Waals surface area contributed by atoms with E-state index < -0.39 is 0 Å². The normalized spacial score (nSPS) is 2.86. The zero-order chi connectivity index (χ0) is 3.41. The fraction of sp³-hybridized carbons (Fsp3) is 0. The zero-order valence-corrected chi connectivity index (χ0v) is 6.78. The van der Waals surface area contributed by atoms with Gasteiger partial charge in [-0.05, 0) is 6.29 Å². The predicted molar refractivity (Wildman–Crippen MR) is 28.7 cm³/mol. The molecule has 2 heteroatoms.